The van der Waals surface area contributed by atoms with Gasteiger partial charge in [0.05, 0.1) is 13.2 Å². The van der Waals surface area contributed by atoms with Crippen LogP contribution in [0.25, 0.3) is 0 Å². The molecule has 0 amide bonds. The topological polar surface area (TPSA) is 27.7 Å². The fourth-order valence-electron chi connectivity index (χ4n) is 0.425. The van der Waals surface area contributed by atoms with Crippen LogP contribution in [0.3, 0.4) is 0 Å². The first-order valence-corrected chi connectivity index (χ1v) is 3.65. The van der Waals surface area contributed by atoms with Gasteiger partial charge in [-0.05, 0) is 0 Å². The third-order valence-electron chi connectivity index (χ3n) is 0.730. The van der Waals surface area contributed by atoms with E-state index in [4.69, 9.17) is 20.0 Å². The Morgan fingerprint density at radius 3 is 2.78 bits per heavy atom. The van der Waals surface area contributed by atoms with Crippen LogP contribution in [-0.2, 0) is 13.6 Å². The van der Waals surface area contributed by atoms with E-state index in [9.17, 15) is 0 Å². The maximum Gasteiger partial charge on any atom is 0.333 e. The number of hydrogen-bond donors (Lipinski definition) is 0. The summed E-state index contributed by atoms with van der Waals surface area (Å²) in [7, 11) is -1.09. The smallest absolute Gasteiger partial charge is 0.310 e. The van der Waals surface area contributed by atoms with Crippen LogP contribution < -0.4 is 0 Å². The lowest BCUT2D eigenvalue weighted by atomic mass is 10.8. The average molecular weight is 146 g/mol. The van der Waals surface area contributed by atoms with E-state index in [2.05, 4.69) is 5.92 Å². The van der Waals surface area contributed by atoms with E-state index < -0.39 is 8.60 Å². The predicted octanol–water partition coefficient (Wildman–Crippen LogP) is 0.910. The predicted molar refractivity (Wildman–Crippen MR) is 33.6 cm³/mol. The maximum absolute atomic E-state index is 4.98. The Bertz CT molecular complexity index is 114. The minimum absolute atomic E-state index is 0.270. The summed E-state index contributed by atoms with van der Waals surface area (Å²) >= 11 is 0. The minimum atomic E-state index is -1.09. The van der Waals surface area contributed by atoms with Crippen LogP contribution in [0.4, 0.5) is 0 Å². The standard InChI is InChI=1S/C5H7O3P/c1-2-3-6-9-7-4-5-8-9/h1H,3-5H2. The molecule has 0 atom stereocenters. The van der Waals surface area contributed by atoms with Gasteiger partial charge in [-0.1, -0.05) is 5.92 Å². The van der Waals surface area contributed by atoms with Crippen molar-refractivity contribution in [1.82, 2.24) is 0 Å². The zero-order chi connectivity index (χ0) is 6.53. The van der Waals surface area contributed by atoms with Crippen molar-refractivity contribution in [2.45, 2.75) is 0 Å². The number of terminal acetylenes is 1. The number of rotatable bonds is 2. The minimum Gasteiger partial charge on any atom is -0.310 e. The summed E-state index contributed by atoms with van der Waals surface area (Å²) < 4.78 is 14.9. The molecule has 1 rings (SSSR count). The Balaban J connectivity index is 2.06. The molecule has 0 aromatic heterocycles. The van der Waals surface area contributed by atoms with Gasteiger partial charge in [0, 0.05) is 0 Å². The summed E-state index contributed by atoms with van der Waals surface area (Å²) in [4.78, 5) is 0. The SMILES string of the molecule is C#CCOP1OCCO1. The van der Waals surface area contributed by atoms with E-state index in [1.807, 2.05) is 0 Å². The lowest BCUT2D eigenvalue weighted by Crippen LogP contribution is -1.84. The van der Waals surface area contributed by atoms with Gasteiger partial charge in [0.2, 0.25) is 0 Å². The van der Waals surface area contributed by atoms with E-state index in [1.54, 1.807) is 0 Å². The van der Waals surface area contributed by atoms with E-state index in [1.165, 1.54) is 0 Å². The van der Waals surface area contributed by atoms with Crippen molar-refractivity contribution in [3.63, 3.8) is 0 Å². The molecule has 9 heavy (non-hydrogen) atoms. The molecule has 3 nitrogen and oxygen atoms in total. The van der Waals surface area contributed by atoms with Crippen molar-refractivity contribution in [3.05, 3.63) is 0 Å². The second kappa shape index (κ2) is 3.81. The van der Waals surface area contributed by atoms with Gasteiger partial charge in [0.25, 0.3) is 0 Å². The van der Waals surface area contributed by atoms with E-state index in [-0.39, 0.29) is 6.61 Å². The van der Waals surface area contributed by atoms with Crippen LogP contribution in [0.15, 0.2) is 0 Å². The Hall–Kier alpha value is -0.130. The normalized spacial score (nSPS) is 19.9. The van der Waals surface area contributed by atoms with Gasteiger partial charge >= 0.3 is 8.60 Å². The van der Waals surface area contributed by atoms with Crippen molar-refractivity contribution in [2.24, 2.45) is 0 Å². The molecule has 0 N–H and O–H groups in total. The molecule has 50 valence electrons. The van der Waals surface area contributed by atoms with Crippen LogP contribution in [0.5, 0.6) is 0 Å². The van der Waals surface area contributed by atoms with Crippen LogP contribution in [0, 0.1) is 12.3 Å². The summed E-state index contributed by atoms with van der Waals surface area (Å²) in [5, 5.41) is 0. The Kier molecular flexibility index (Phi) is 2.96. The van der Waals surface area contributed by atoms with Gasteiger partial charge < -0.3 is 9.05 Å². The van der Waals surface area contributed by atoms with Crippen LogP contribution in [-0.4, -0.2) is 19.8 Å². The molecular weight excluding hydrogens is 139 g/mol. The molecule has 1 aliphatic rings. The van der Waals surface area contributed by atoms with Crippen molar-refractivity contribution in [2.75, 3.05) is 19.8 Å². The van der Waals surface area contributed by atoms with E-state index in [0.717, 1.165) is 0 Å². The molecule has 0 spiro atoms. The zero-order valence-corrected chi connectivity index (χ0v) is 5.77. The Labute approximate surface area is 55.3 Å². The molecule has 0 aliphatic carbocycles. The highest BCUT2D eigenvalue weighted by atomic mass is 31.2. The number of hydrogen-bond acceptors (Lipinski definition) is 3. The molecule has 1 saturated heterocycles. The highest BCUT2D eigenvalue weighted by Gasteiger charge is 2.17. The largest absolute Gasteiger partial charge is 0.333 e. The monoisotopic (exact) mass is 146 g/mol. The molecule has 0 radical (unpaired) electrons. The average Bonchev–Trinajstić information content (AvgIpc) is 2.34. The fourth-order valence-corrected chi connectivity index (χ4v) is 1.28. The second-order valence-corrected chi connectivity index (χ2v) is 2.59. The zero-order valence-electron chi connectivity index (χ0n) is 4.87. The van der Waals surface area contributed by atoms with Gasteiger partial charge in [-0.25, -0.2) is 0 Å². The Morgan fingerprint density at radius 2 is 2.22 bits per heavy atom. The molecule has 1 aliphatic heterocycles. The van der Waals surface area contributed by atoms with Crippen LogP contribution >= 0.6 is 8.60 Å². The van der Waals surface area contributed by atoms with Gasteiger partial charge in [-0.3, -0.25) is 4.52 Å². The van der Waals surface area contributed by atoms with Crippen molar-refractivity contribution in [1.29, 1.82) is 0 Å². The van der Waals surface area contributed by atoms with E-state index in [0.29, 0.717) is 13.2 Å². The van der Waals surface area contributed by atoms with E-state index >= 15 is 0 Å². The van der Waals surface area contributed by atoms with Gasteiger partial charge in [-0.2, -0.15) is 0 Å². The molecule has 0 bridgehead atoms. The van der Waals surface area contributed by atoms with Crippen molar-refractivity contribution in [3.8, 4) is 12.3 Å². The molecule has 0 aromatic carbocycles. The molecule has 4 heteroatoms. The summed E-state index contributed by atoms with van der Waals surface area (Å²) in [6.45, 7) is 1.51. The van der Waals surface area contributed by atoms with Crippen LogP contribution in [0.2, 0.25) is 0 Å². The quantitative estimate of drug-likeness (QED) is 0.428. The summed E-state index contributed by atoms with van der Waals surface area (Å²) in [6, 6.07) is 0. The van der Waals surface area contributed by atoms with Crippen molar-refractivity contribution >= 4 is 8.60 Å². The van der Waals surface area contributed by atoms with Crippen molar-refractivity contribution < 1.29 is 13.6 Å². The molecule has 0 saturated carbocycles. The highest BCUT2D eigenvalue weighted by Crippen LogP contribution is 2.42. The van der Waals surface area contributed by atoms with Crippen LogP contribution in [0.1, 0.15) is 0 Å². The lowest BCUT2D eigenvalue weighted by Gasteiger charge is -2.02. The Morgan fingerprint density at radius 1 is 1.56 bits per heavy atom. The third kappa shape index (κ3) is 2.30. The third-order valence-corrected chi connectivity index (χ3v) is 1.86. The molecular formula is C5H7O3P. The van der Waals surface area contributed by atoms with Gasteiger partial charge in [-0.15, -0.1) is 6.42 Å². The molecule has 1 heterocycles. The summed E-state index contributed by atoms with van der Waals surface area (Å²) in [6.07, 6.45) is 4.93. The summed E-state index contributed by atoms with van der Waals surface area (Å²) in [5.41, 5.74) is 0. The second-order valence-electron chi connectivity index (χ2n) is 1.37. The first kappa shape index (κ1) is 6.98. The fraction of sp³-hybridized carbons (Fsp3) is 0.600. The lowest BCUT2D eigenvalue weighted by molar-refractivity contribution is 0.276. The first-order valence-electron chi connectivity index (χ1n) is 2.56. The maximum atomic E-state index is 4.98. The molecule has 0 aromatic rings. The van der Waals surface area contributed by atoms with Gasteiger partial charge in [0.1, 0.15) is 6.61 Å². The first-order chi connectivity index (χ1) is 4.43. The molecule has 0 unspecified atom stereocenters. The highest BCUT2D eigenvalue weighted by molar-refractivity contribution is 7.41. The summed E-state index contributed by atoms with van der Waals surface area (Å²) in [5.74, 6) is 2.33. The molecule has 1 fully saturated rings. The van der Waals surface area contributed by atoms with Gasteiger partial charge in [0.15, 0.2) is 0 Å².